The molecule has 0 aromatic heterocycles. The van der Waals surface area contributed by atoms with Crippen LogP contribution in [-0.4, -0.2) is 22.1 Å². The van der Waals surface area contributed by atoms with Crippen LogP contribution in [0.2, 0.25) is 10.0 Å². The molecule has 4 rings (SSSR count). The largest absolute Gasteiger partial charge is 0.326 e. The predicted molar refractivity (Wildman–Crippen MR) is 141 cm³/mol. The second kappa shape index (κ2) is 10.3. The minimum absolute atomic E-state index is 0.0965. The number of anilines is 3. The average Bonchev–Trinajstić information content (AvgIpc) is 3.39. The van der Waals surface area contributed by atoms with E-state index < -0.39 is 33.8 Å². The summed E-state index contributed by atoms with van der Waals surface area (Å²) in [5, 5.41) is 8.13. The Hall–Kier alpha value is -2.84. The van der Waals surface area contributed by atoms with E-state index in [2.05, 4.69) is 16.0 Å². The molecule has 11 heteroatoms. The van der Waals surface area contributed by atoms with E-state index in [9.17, 15) is 18.8 Å². The van der Waals surface area contributed by atoms with Gasteiger partial charge >= 0.3 is 0 Å². The molecule has 3 aromatic rings. The minimum atomic E-state index is -1.40. The van der Waals surface area contributed by atoms with E-state index in [0.29, 0.717) is 22.6 Å². The van der Waals surface area contributed by atoms with Gasteiger partial charge in [0.05, 0.1) is 21.5 Å². The fourth-order valence-electron chi connectivity index (χ4n) is 3.81. The molecule has 0 saturated heterocycles. The number of alkyl halides is 2. The summed E-state index contributed by atoms with van der Waals surface area (Å²) in [7, 11) is 0. The van der Waals surface area contributed by atoms with E-state index in [-0.39, 0.29) is 21.5 Å². The van der Waals surface area contributed by atoms with Crippen LogP contribution in [0.5, 0.6) is 0 Å². The van der Waals surface area contributed by atoms with Gasteiger partial charge in [-0.15, -0.1) is 23.2 Å². The highest BCUT2D eigenvalue weighted by atomic mass is 35.5. The molecule has 1 aliphatic carbocycles. The maximum atomic E-state index is 13.5. The van der Waals surface area contributed by atoms with Crippen molar-refractivity contribution in [3.63, 3.8) is 0 Å². The molecule has 0 heterocycles. The molecular formula is C25H18Cl4FN3O3. The van der Waals surface area contributed by atoms with Gasteiger partial charge in [0.2, 0.25) is 11.8 Å². The number of carbonyl (C=O) groups is 3. The van der Waals surface area contributed by atoms with Gasteiger partial charge < -0.3 is 16.0 Å². The minimum Gasteiger partial charge on any atom is -0.326 e. The molecule has 0 bridgehead atoms. The topological polar surface area (TPSA) is 87.3 Å². The van der Waals surface area contributed by atoms with E-state index in [1.165, 1.54) is 43.3 Å². The molecule has 1 saturated carbocycles. The molecule has 3 amide bonds. The van der Waals surface area contributed by atoms with Crippen molar-refractivity contribution in [2.75, 3.05) is 16.0 Å². The van der Waals surface area contributed by atoms with Crippen LogP contribution in [0.4, 0.5) is 21.5 Å². The van der Waals surface area contributed by atoms with Crippen molar-refractivity contribution < 1.29 is 18.8 Å². The number of rotatable bonds is 6. The molecule has 3 N–H and O–H groups in total. The van der Waals surface area contributed by atoms with Crippen LogP contribution in [0.1, 0.15) is 28.8 Å². The lowest BCUT2D eigenvalue weighted by molar-refractivity contribution is -0.117. The van der Waals surface area contributed by atoms with Gasteiger partial charge in [-0.25, -0.2) is 4.39 Å². The molecule has 6 nitrogen and oxygen atoms in total. The van der Waals surface area contributed by atoms with E-state index in [1.807, 2.05) is 0 Å². The number of carbonyl (C=O) groups excluding carboxylic acids is 3. The summed E-state index contributed by atoms with van der Waals surface area (Å²) in [4.78, 5) is 36.9. The summed E-state index contributed by atoms with van der Waals surface area (Å²) in [6.45, 7) is 1.39. The Morgan fingerprint density at radius 1 is 0.806 bits per heavy atom. The first-order valence-electron chi connectivity index (χ1n) is 10.6. The van der Waals surface area contributed by atoms with Crippen LogP contribution in [0.25, 0.3) is 0 Å². The van der Waals surface area contributed by atoms with Gasteiger partial charge in [0.1, 0.15) is 10.2 Å². The van der Waals surface area contributed by atoms with Gasteiger partial charge in [-0.2, -0.15) is 0 Å². The zero-order chi connectivity index (χ0) is 26.2. The van der Waals surface area contributed by atoms with Gasteiger partial charge in [-0.3, -0.25) is 14.4 Å². The molecule has 1 aliphatic rings. The smallest absolute Gasteiger partial charge is 0.257 e. The van der Waals surface area contributed by atoms with Crippen LogP contribution in [0.15, 0.2) is 60.7 Å². The number of nitrogens with one attached hydrogen (secondary N) is 3. The van der Waals surface area contributed by atoms with Gasteiger partial charge in [-0.1, -0.05) is 29.3 Å². The van der Waals surface area contributed by atoms with Crippen molar-refractivity contribution in [1.82, 2.24) is 0 Å². The maximum absolute atomic E-state index is 13.5. The van der Waals surface area contributed by atoms with Crippen LogP contribution in [-0.2, 0) is 9.59 Å². The van der Waals surface area contributed by atoms with Crippen molar-refractivity contribution in [2.45, 2.75) is 17.2 Å². The van der Waals surface area contributed by atoms with Crippen molar-refractivity contribution >= 4 is 81.2 Å². The molecule has 0 aliphatic heterocycles. The fraction of sp³-hybridized carbons (Fsp3) is 0.160. The Bertz CT molecular complexity index is 1370. The normalized spacial score (nSPS) is 17.7. The first-order chi connectivity index (χ1) is 17.0. The third-order valence-electron chi connectivity index (χ3n) is 5.58. The van der Waals surface area contributed by atoms with Crippen molar-refractivity contribution in [3.05, 3.63) is 87.7 Å². The highest BCUT2D eigenvalue weighted by Gasteiger charge is 2.67. The average molecular weight is 569 g/mol. The SMILES string of the molecule is CC(=O)Nc1ccc(NC(=O)c2cc(NC(=O)[C@H]3[C@H](c4ccc(F)c(Cl)c4)C3(Cl)Cl)ccc2Cl)cc1. The van der Waals surface area contributed by atoms with Crippen molar-refractivity contribution in [1.29, 1.82) is 0 Å². The maximum Gasteiger partial charge on any atom is 0.257 e. The summed E-state index contributed by atoms with van der Waals surface area (Å²) < 4.78 is 12.1. The first kappa shape index (κ1) is 26.2. The third kappa shape index (κ3) is 5.60. The number of hydrogen-bond donors (Lipinski definition) is 3. The Morgan fingerprint density at radius 2 is 1.42 bits per heavy atom. The summed E-state index contributed by atoms with van der Waals surface area (Å²) in [5.41, 5.74) is 2.03. The predicted octanol–water partition coefficient (Wildman–Crippen LogP) is 6.87. The van der Waals surface area contributed by atoms with Gasteiger partial charge in [0, 0.05) is 29.9 Å². The third-order valence-corrected chi connectivity index (χ3v) is 7.14. The summed E-state index contributed by atoms with van der Waals surface area (Å²) in [6.07, 6.45) is 0. The first-order valence-corrected chi connectivity index (χ1v) is 12.1. The van der Waals surface area contributed by atoms with E-state index in [4.69, 9.17) is 46.4 Å². The molecule has 3 aromatic carbocycles. The van der Waals surface area contributed by atoms with Crippen LogP contribution < -0.4 is 16.0 Å². The Morgan fingerprint density at radius 3 is 2.03 bits per heavy atom. The fourth-order valence-corrected chi connectivity index (χ4v) is 5.03. The number of hydrogen-bond acceptors (Lipinski definition) is 3. The van der Waals surface area contributed by atoms with Crippen LogP contribution in [0.3, 0.4) is 0 Å². The lowest BCUT2D eigenvalue weighted by Gasteiger charge is -2.11. The van der Waals surface area contributed by atoms with Crippen LogP contribution in [0, 0.1) is 11.7 Å². The standard InChI is InChI=1S/C25H18Cl4FN3O3/c1-12(34)31-14-3-5-15(6-4-14)32-23(35)17-11-16(7-8-18(17)26)33-24(36)22-21(25(22,28)29)13-2-9-20(30)19(27)10-13/h2-11,21-22H,1H3,(H,31,34)(H,32,35)(H,33,36)/t21-,22+/m0/s1. The summed E-state index contributed by atoms with van der Waals surface area (Å²) in [6, 6.07) is 15.0. The molecule has 36 heavy (non-hydrogen) atoms. The van der Waals surface area contributed by atoms with Crippen LogP contribution >= 0.6 is 46.4 Å². The summed E-state index contributed by atoms with van der Waals surface area (Å²) >= 11 is 24.8. The zero-order valence-electron chi connectivity index (χ0n) is 18.5. The molecule has 186 valence electrons. The van der Waals surface area contributed by atoms with E-state index in [0.717, 1.165) is 0 Å². The molecular weight excluding hydrogens is 551 g/mol. The second-order valence-corrected chi connectivity index (χ2v) is 10.5. The van der Waals surface area contributed by atoms with E-state index in [1.54, 1.807) is 24.3 Å². The van der Waals surface area contributed by atoms with Gasteiger partial charge in [0.15, 0.2) is 0 Å². The Labute approximate surface area is 226 Å². The second-order valence-electron chi connectivity index (χ2n) is 8.20. The quantitative estimate of drug-likeness (QED) is 0.284. The lowest BCUT2D eigenvalue weighted by Crippen LogP contribution is -2.18. The lowest BCUT2D eigenvalue weighted by atomic mass is 10.1. The number of halogens is 5. The molecule has 2 atom stereocenters. The molecule has 0 radical (unpaired) electrons. The Balaban J connectivity index is 1.46. The molecule has 1 fully saturated rings. The molecule has 0 spiro atoms. The number of amides is 3. The van der Waals surface area contributed by atoms with Gasteiger partial charge in [0.25, 0.3) is 5.91 Å². The highest BCUT2D eigenvalue weighted by molar-refractivity contribution is 6.53. The van der Waals surface area contributed by atoms with E-state index >= 15 is 0 Å². The highest BCUT2D eigenvalue weighted by Crippen LogP contribution is 2.65. The Kier molecular flexibility index (Phi) is 7.48. The number of benzene rings is 3. The monoisotopic (exact) mass is 567 g/mol. The molecule has 0 unspecified atom stereocenters. The van der Waals surface area contributed by atoms with Crippen molar-refractivity contribution in [3.8, 4) is 0 Å². The summed E-state index contributed by atoms with van der Waals surface area (Å²) in [5.74, 6) is -3.19. The van der Waals surface area contributed by atoms with Gasteiger partial charge in [-0.05, 0) is 60.2 Å². The zero-order valence-corrected chi connectivity index (χ0v) is 21.6. The van der Waals surface area contributed by atoms with Crippen molar-refractivity contribution in [2.24, 2.45) is 5.92 Å².